The fraction of sp³-hybridized carbons (Fsp3) is 0.300. The van der Waals surface area contributed by atoms with E-state index in [1.165, 1.54) is 6.07 Å². The van der Waals surface area contributed by atoms with E-state index in [2.05, 4.69) is 0 Å². The number of aromatic hydroxyl groups is 2. The number of carbonyl (C=O) groups is 2. The Kier molecular flexibility index (Phi) is 3.82. The van der Waals surface area contributed by atoms with E-state index in [0.717, 1.165) is 0 Å². The number of ketones is 2. The maximum Gasteiger partial charge on any atom is 0.198 e. The van der Waals surface area contributed by atoms with Crippen molar-refractivity contribution in [3.63, 3.8) is 0 Å². The molecule has 1 aliphatic heterocycles. The Hall–Kier alpha value is -2.70. The lowest BCUT2D eigenvalue weighted by atomic mass is 9.81. The molecule has 0 amide bonds. The smallest absolute Gasteiger partial charge is 0.198 e. The van der Waals surface area contributed by atoms with Crippen LogP contribution in [-0.2, 0) is 15.9 Å². The standard InChI is InChI=1S/C20H18O6/c1-20(25-8-9-26-20)7-6-11-10-14(21)15-16(17(11)22)19(24)13-5-3-2-4-12(13)18(15)23/h2-5,10,21-22H,6-9H2,1H3. The van der Waals surface area contributed by atoms with Crippen LogP contribution in [0, 0.1) is 0 Å². The van der Waals surface area contributed by atoms with Crippen molar-refractivity contribution in [3.05, 3.63) is 58.1 Å². The summed E-state index contributed by atoms with van der Waals surface area (Å²) in [6.07, 6.45) is 0.768. The largest absolute Gasteiger partial charge is 0.507 e. The molecule has 6 nitrogen and oxygen atoms in total. The van der Waals surface area contributed by atoms with Gasteiger partial charge in [-0.2, -0.15) is 0 Å². The summed E-state index contributed by atoms with van der Waals surface area (Å²) in [4.78, 5) is 25.5. The fourth-order valence-electron chi connectivity index (χ4n) is 3.57. The minimum Gasteiger partial charge on any atom is -0.507 e. The maximum atomic E-state index is 12.8. The second-order valence-electron chi connectivity index (χ2n) is 6.69. The van der Waals surface area contributed by atoms with Gasteiger partial charge in [-0.1, -0.05) is 24.3 Å². The molecule has 0 atom stereocenters. The molecular weight excluding hydrogens is 336 g/mol. The molecule has 26 heavy (non-hydrogen) atoms. The number of aryl methyl sites for hydroxylation is 1. The minimum atomic E-state index is -0.760. The average molecular weight is 354 g/mol. The van der Waals surface area contributed by atoms with Crippen molar-refractivity contribution in [2.24, 2.45) is 0 Å². The molecule has 0 unspecified atom stereocenters. The summed E-state index contributed by atoms with van der Waals surface area (Å²) in [6, 6.07) is 7.74. The molecule has 6 heteroatoms. The van der Waals surface area contributed by atoms with Gasteiger partial charge in [-0.15, -0.1) is 0 Å². The second kappa shape index (κ2) is 5.93. The van der Waals surface area contributed by atoms with E-state index in [-0.39, 0.29) is 33.8 Å². The van der Waals surface area contributed by atoms with E-state index in [9.17, 15) is 19.8 Å². The van der Waals surface area contributed by atoms with Gasteiger partial charge in [-0.25, -0.2) is 0 Å². The third-order valence-electron chi connectivity index (χ3n) is 4.98. The molecule has 0 aromatic heterocycles. The Morgan fingerprint density at radius 3 is 2.19 bits per heavy atom. The highest BCUT2D eigenvalue weighted by atomic mass is 16.7. The number of hydrogen-bond acceptors (Lipinski definition) is 6. The number of phenolic OH excluding ortho intramolecular Hbond substituents is 2. The maximum absolute atomic E-state index is 12.8. The summed E-state index contributed by atoms with van der Waals surface area (Å²) in [7, 11) is 0. The van der Waals surface area contributed by atoms with Crippen LogP contribution in [0.15, 0.2) is 30.3 Å². The van der Waals surface area contributed by atoms with Crippen LogP contribution in [0.4, 0.5) is 0 Å². The zero-order chi connectivity index (χ0) is 18.5. The van der Waals surface area contributed by atoms with E-state index in [1.807, 2.05) is 0 Å². The number of phenols is 2. The average Bonchev–Trinajstić information content (AvgIpc) is 3.07. The quantitative estimate of drug-likeness (QED) is 0.702. The number of benzene rings is 2. The Balaban J connectivity index is 1.76. The number of hydrogen-bond donors (Lipinski definition) is 2. The van der Waals surface area contributed by atoms with Crippen molar-refractivity contribution in [2.45, 2.75) is 25.6 Å². The van der Waals surface area contributed by atoms with Crippen LogP contribution in [0.3, 0.4) is 0 Å². The van der Waals surface area contributed by atoms with Crippen molar-refractivity contribution >= 4 is 11.6 Å². The predicted molar refractivity (Wildman–Crippen MR) is 91.7 cm³/mol. The second-order valence-corrected chi connectivity index (χ2v) is 6.69. The van der Waals surface area contributed by atoms with Crippen LogP contribution in [0.25, 0.3) is 0 Å². The Labute approximate surface area is 150 Å². The number of ether oxygens (including phenoxy) is 2. The van der Waals surface area contributed by atoms with Gasteiger partial charge >= 0.3 is 0 Å². The van der Waals surface area contributed by atoms with Crippen LogP contribution in [0.1, 0.15) is 50.8 Å². The molecule has 1 fully saturated rings. The van der Waals surface area contributed by atoms with E-state index in [1.54, 1.807) is 31.2 Å². The molecule has 134 valence electrons. The van der Waals surface area contributed by atoms with Crippen LogP contribution >= 0.6 is 0 Å². The molecule has 2 aromatic rings. The molecule has 0 saturated carbocycles. The topological polar surface area (TPSA) is 93.1 Å². The SMILES string of the molecule is CC1(CCc2cc(O)c3c(c2O)C(=O)c2ccccc2C3=O)OCCO1. The van der Waals surface area contributed by atoms with Gasteiger partial charge in [0.15, 0.2) is 17.4 Å². The van der Waals surface area contributed by atoms with Gasteiger partial charge < -0.3 is 19.7 Å². The summed E-state index contributed by atoms with van der Waals surface area (Å²) >= 11 is 0. The van der Waals surface area contributed by atoms with Gasteiger partial charge in [0.1, 0.15) is 11.5 Å². The first kappa shape index (κ1) is 16.8. The normalized spacial score (nSPS) is 17.9. The number of carbonyl (C=O) groups excluding carboxylic acids is 2. The first-order valence-electron chi connectivity index (χ1n) is 8.45. The van der Waals surface area contributed by atoms with Crippen LogP contribution < -0.4 is 0 Å². The van der Waals surface area contributed by atoms with Gasteiger partial charge in [0.2, 0.25) is 0 Å². The minimum absolute atomic E-state index is 0.137. The van der Waals surface area contributed by atoms with Gasteiger partial charge in [-0.05, 0) is 25.0 Å². The van der Waals surface area contributed by atoms with E-state index >= 15 is 0 Å². The molecule has 0 spiro atoms. The summed E-state index contributed by atoms with van der Waals surface area (Å²) in [5, 5.41) is 21.0. The Bertz CT molecular complexity index is 924. The van der Waals surface area contributed by atoms with Crippen molar-refractivity contribution in [1.82, 2.24) is 0 Å². The lowest BCUT2D eigenvalue weighted by Gasteiger charge is -2.24. The first-order chi connectivity index (χ1) is 12.4. The molecule has 4 rings (SSSR count). The van der Waals surface area contributed by atoms with Gasteiger partial charge in [0.25, 0.3) is 0 Å². The third kappa shape index (κ3) is 2.50. The molecule has 2 aliphatic rings. The fourth-order valence-corrected chi connectivity index (χ4v) is 3.57. The molecule has 2 aromatic carbocycles. The van der Waals surface area contributed by atoms with Crippen LogP contribution in [0.2, 0.25) is 0 Å². The molecule has 1 aliphatic carbocycles. The molecule has 0 bridgehead atoms. The highest BCUT2D eigenvalue weighted by molar-refractivity contribution is 6.30. The molecule has 1 saturated heterocycles. The van der Waals surface area contributed by atoms with Gasteiger partial charge in [-0.3, -0.25) is 9.59 Å². The molecule has 1 heterocycles. The Morgan fingerprint density at radius 2 is 1.58 bits per heavy atom. The Morgan fingerprint density at radius 1 is 1.00 bits per heavy atom. The summed E-state index contributed by atoms with van der Waals surface area (Å²) in [5.74, 6) is -2.27. The van der Waals surface area contributed by atoms with E-state index in [0.29, 0.717) is 31.6 Å². The zero-order valence-corrected chi connectivity index (χ0v) is 14.2. The van der Waals surface area contributed by atoms with Crippen LogP contribution in [-0.4, -0.2) is 40.8 Å². The monoisotopic (exact) mass is 354 g/mol. The van der Waals surface area contributed by atoms with Crippen molar-refractivity contribution in [1.29, 1.82) is 0 Å². The van der Waals surface area contributed by atoms with Crippen molar-refractivity contribution in [2.75, 3.05) is 13.2 Å². The van der Waals surface area contributed by atoms with Gasteiger partial charge in [0.05, 0.1) is 24.3 Å². The lowest BCUT2D eigenvalue weighted by molar-refractivity contribution is -0.146. The number of fused-ring (bicyclic) bond motifs is 2. The zero-order valence-electron chi connectivity index (χ0n) is 14.2. The summed E-state index contributed by atoms with van der Waals surface area (Å²) in [6.45, 7) is 2.81. The highest BCUT2D eigenvalue weighted by Gasteiger charge is 2.36. The highest BCUT2D eigenvalue weighted by Crippen LogP contribution is 2.41. The predicted octanol–water partition coefficient (Wildman–Crippen LogP) is 2.57. The molecule has 2 N–H and O–H groups in total. The first-order valence-corrected chi connectivity index (χ1v) is 8.45. The van der Waals surface area contributed by atoms with E-state index < -0.39 is 17.4 Å². The molecular formula is C20H18O6. The van der Waals surface area contributed by atoms with Crippen molar-refractivity contribution in [3.8, 4) is 11.5 Å². The summed E-state index contributed by atoms with van der Waals surface area (Å²) < 4.78 is 11.1. The number of rotatable bonds is 3. The van der Waals surface area contributed by atoms with Crippen molar-refractivity contribution < 1.29 is 29.3 Å². The van der Waals surface area contributed by atoms with E-state index in [4.69, 9.17) is 9.47 Å². The summed E-state index contributed by atoms with van der Waals surface area (Å²) in [5.41, 5.74) is 0.553. The third-order valence-corrected chi connectivity index (χ3v) is 4.98. The van der Waals surface area contributed by atoms with Crippen LogP contribution in [0.5, 0.6) is 11.5 Å². The lowest BCUT2D eigenvalue weighted by Crippen LogP contribution is -2.26. The molecule has 0 radical (unpaired) electrons. The van der Waals surface area contributed by atoms with Gasteiger partial charge in [0, 0.05) is 17.5 Å².